The van der Waals surface area contributed by atoms with Crippen molar-refractivity contribution in [1.29, 1.82) is 0 Å². The zero-order valence-corrected chi connectivity index (χ0v) is 9.54. The fraction of sp³-hybridized carbons (Fsp3) is 0.583. The number of Topliss-reactive ketones (excluding diaryl/α,β-unsaturated/α-hetero) is 1. The van der Waals surface area contributed by atoms with Gasteiger partial charge in [0, 0.05) is 12.5 Å². The molecule has 1 aliphatic heterocycles. The summed E-state index contributed by atoms with van der Waals surface area (Å²) < 4.78 is 0. The van der Waals surface area contributed by atoms with Gasteiger partial charge in [0.2, 0.25) is 0 Å². The van der Waals surface area contributed by atoms with Gasteiger partial charge in [0.15, 0.2) is 5.78 Å². The highest BCUT2D eigenvalue weighted by Crippen LogP contribution is 2.11. The molecule has 0 radical (unpaired) electrons. The van der Waals surface area contributed by atoms with E-state index in [-0.39, 0.29) is 11.4 Å². The predicted octanol–water partition coefficient (Wildman–Crippen LogP) is 1.50. The largest absolute Gasteiger partial charge is 0.294 e. The summed E-state index contributed by atoms with van der Waals surface area (Å²) in [4.78, 5) is 33.5. The van der Waals surface area contributed by atoms with Gasteiger partial charge in [-0.15, -0.1) is 0 Å². The lowest BCUT2D eigenvalue weighted by Crippen LogP contribution is -2.24. The van der Waals surface area contributed by atoms with E-state index in [9.17, 15) is 14.4 Å². The standard InChI is InChI=1S/C12H17NO3/c1-2-3-4-5-6-7-10(14)9-8-11(15)13-12(9)16/h8H,2-7H2,1H3,(H,13,15,16). The molecule has 1 heterocycles. The highest BCUT2D eigenvalue weighted by atomic mass is 16.2. The lowest BCUT2D eigenvalue weighted by Gasteiger charge is -2.00. The molecule has 0 spiro atoms. The monoisotopic (exact) mass is 223 g/mol. The van der Waals surface area contributed by atoms with E-state index in [1.54, 1.807) is 0 Å². The van der Waals surface area contributed by atoms with Crippen molar-refractivity contribution >= 4 is 17.6 Å². The second-order valence-corrected chi connectivity index (χ2v) is 3.96. The molecule has 1 rings (SSSR count). The molecule has 2 amide bonds. The van der Waals surface area contributed by atoms with Crippen LogP contribution in [0.5, 0.6) is 0 Å². The summed E-state index contributed by atoms with van der Waals surface area (Å²) in [5.74, 6) is -1.26. The number of carbonyl (C=O) groups excluding carboxylic acids is 3. The highest BCUT2D eigenvalue weighted by Gasteiger charge is 2.25. The maximum absolute atomic E-state index is 11.6. The van der Waals surface area contributed by atoms with Crippen LogP contribution in [0.25, 0.3) is 0 Å². The maximum Gasteiger partial charge on any atom is 0.261 e. The third-order valence-electron chi connectivity index (χ3n) is 2.56. The molecule has 0 saturated carbocycles. The maximum atomic E-state index is 11.6. The van der Waals surface area contributed by atoms with E-state index in [0.717, 1.165) is 31.8 Å². The SMILES string of the molecule is CCCCCCCC(=O)C1=CC(=O)NC1=O. The molecule has 0 aromatic heterocycles. The van der Waals surface area contributed by atoms with Crippen LogP contribution < -0.4 is 5.32 Å². The van der Waals surface area contributed by atoms with Crippen LogP contribution in [0.4, 0.5) is 0 Å². The van der Waals surface area contributed by atoms with E-state index < -0.39 is 11.8 Å². The highest BCUT2D eigenvalue weighted by molar-refractivity contribution is 6.30. The van der Waals surface area contributed by atoms with Crippen LogP contribution in [0.15, 0.2) is 11.6 Å². The van der Waals surface area contributed by atoms with Crippen molar-refractivity contribution < 1.29 is 14.4 Å². The molecule has 0 aliphatic carbocycles. The van der Waals surface area contributed by atoms with Crippen LogP contribution in [-0.4, -0.2) is 17.6 Å². The molecule has 4 nitrogen and oxygen atoms in total. The second kappa shape index (κ2) is 6.20. The number of unbranched alkanes of at least 4 members (excludes halogenated alkanes) is 4. The Hall–Kier alpha value is -1.45. The summed E-state index contributed by atoms with van der Waals surface area (Å²) in [7, 11) is 0. The number of hydrogen-bond acceptors (Lipinski definition) is 3. The summed E-state index contributed by atoms with van der Waals surface area (Å²) in [6, 6.07) is 0. The first-order chi connectivity index (χ1) is 7.65. The number of hydrogen-bond donors (Lipinski definition) is 1. The molecule has 0 aromatic rings. The summed E-state index contributed by atoms with van der Waals surface area (Å²) in [5.41, 5.74) is 0.0143. The van der Waals surface area contributed by atoms with Crippen molar-refractivity contribution in [3.63, 3.8) is 0 Å². The van der Waals surface area contributed by atoms with Gasteiger partial charge < -0.3 is 0 Å². The zero-order valence-electron chi connectivity index (χ0n) is 9.54. The van der Waals surface area contributed by atoms with E-state index in [2.05, 4.69) is 12.2 Å². The van der Waals surface area contributed by atoms with Gasteiger partial charge in [0.25, 0.3) is 11.8 Å². The van der Waals surface area contributed by atoms with E-state index >= 15 is 0 Å². The van der Waals surface area contributed by atoms with Crippen LogP contribution in [0.2, 0.25) is 0 Å². The predicted molar refractivity (Wildman–Crippen MR) is 59.6 cm³/mol. The van der Waals surface area contributed by atoms with Crippen LogP contribution in [0.3, 0.4) is 0 Å². The molecular weight excluding hydrogens is 206 g/mol. The lowest BCUT2D eigenvalue weighted by atomic mass is 10.0. The van der Waals surface area contributed by atoms with Crippen LogP contribution in [-0.2, 0) is 14.4 Å². The molecule has 0 bridgehead atoms. The number of amides is 2. The fourth-order valence-corrected chi connectivity index (χ4v) is 1.64. The fourth-order valence-electron chi connectivity index (χ4n) is 1.64. The Morgan fingerprint density at radius 3 is 2.44 bits per heavy atom. The summed E-state index contributed by atoms with van der Waals surface area (Å²) in [5, 5.41) is 2.07. The molecule has 0 fully saturated rings. The molecule has 1 aliphatic rings. The quantitative estimate of drug-likeness (QED) is 0.404. The van der Waals surface area contributed by atoms with Gasteiger partial charge in [0.05, 0.1) is 5.57 Å². The molecule has 0 unspecified atom stereocenters. The average Bonchev–Trinajstić information content (AvgIpc) is 2.57. The van der Waals surface area contributed by atoms with Crippen LogP contribution in [0, 0.1) is 0 Å². The Balaban J connectivity index is 2.28. The van der Waals surface area contributed by atoms with Gasteiger partial charge in [-0.2, -0.15) is 0 Å². The minimum absolute atomic E-state index is 0.0143. The number of ketones is 1. The molecule has 0 aromatic carbocycles. The Labute approximate surface area is 95.1 Å². The Morgan fingerprint density at radius 2 is 1.88 bits per heavy atom. The van der Waals surface area contributed by atoms with Crippen molar-refractivity contribution in [2.45, 2.75) is 45.4 Å². The molecule has 16 heavy (non-hydrogen) atoms. The van der Waals surface area contributed by atoms with Crippen molar-refractivity contribution in [1.82, 2.24) is 5.32 Å². The third kappa shape index (κ3) is 3.61. The van der Waals surface area contributed by atoms with Gasteiger partial charge in [0.1, 0.15) is 0 Å². The van der Waals surface area contributed by atoms with Crippen molar-refractivity contribution in [3.05, 3.63) is 11.6 Å². The topological polar surface area (TPSA) is 63.2 Å². The smallest absolute Gasteiger partial charge is 0.261 e. The minimum Gasteiger partial charge on any atom is -0.294 e. The molecule has 88 valence electrons. The normalized spacial score (nSPS) is 14.9. The third-order valence-corrected chi connectivity index (χ3v) is 2.56. The van der Waals surface area contributed by atoms with E-state index in [4.69, 9.17) is 0 Å². The molecule has 0 saturated heterocycles. The number of rotatable bonds is 7. The zero-order chi connectivity index (χ0) is 12.0. The summed E-state index contributed by atoms with van der Waals surface area (Å²) >= 11 is 0. The van der Waals surface area contributed by atoms with E-state index in [1.165, 1.54) is 6.42 Å². The number of nitrogens with one attached hydrogen (secondary N) is 1. The van der Waals surface area contributed by atoms with Gasteiger partial charge in [-0.1, -0.05) is 32.6 Å². The van der Waals surface area contributed by atoms with Crippen molar-refractivity contribution in [2.75, 3.05) is 0 Å². The van der Waals surface area contributed by atoms with Crippen LogP contribution >= 0.6 is 0 Å². The van der Waals surface area contributed by atoms with E-state index in [1.807, 2.05) is 0 Å². The van der Waals surface area contributed by atoms with Crippen molar-refractivity contribution in [3.8, 4) is 0 Å². The lowest BCUT2D eigenvalue weighted by molar-refractivity contribution is -0.125. The minimum atomic E-state index is -0.552. The molecule has 4 heteroatoms. The Kier molecular flexibility index (Phi) is 4.89. The molecule has 0 atom stereocenters. The summed E-state index contributed by atoms with van der Waals surface area (Å²) in [6.07, 6.45) is 6.70. The Bertz CT molecular complexity index is 331. The average molecular weight is 223 g/mol. The number of imide groups is 1. The molecule has 1 N–H and O–H groups in total. The first-order valence-electron chi connectivity index (χ1n) is 5.75. The Morgan fingerprint density at radius 1 is 1.19 bits per heavy atom. The van der Waals surface area contributed by atoms with E-state index in [0.29, 0.717) is 6.42 Å². The van der Waals surface area contributed by atoms with Gasteiger partial charge in [-0.3, -0.25) is 19.7 Å². The van der Waals surface area contributed by atoms with Gasteiger partial charge in [-0.25, -0.2) is 0 Å². The van der Waals surface area contributed by atoms with Gasteiger partial charge in [-0.05, 0) is 6.42 Å². The molecular formula is C12H17NO3. The first-order valence-corrected chi connectivity index (χ1v) is 5.75. The summed E-state index contributed by atoms with van der Waals surface area (Å²) in [6.45, 7) is 2.13. The van der Waals surface area contributed by atoms with Crippen LogP contribution in [0.1, 0.15) is 45.4 Å². The second-order valence-electron chi connectivity index (χ2n) is 3.96. The van der Waals surface area contributed by atoms with Gasteiger partial charge >= 0.3 is 0 Å². The number of carbonyl (C=O) groups is 3. The first kappa shape index (κ1) is 12.6. The van der Waals surface area contributed by atoms with Crippen molar-refractivity contribution in [2.24, 2.45) is 0 Å².